The van der Waals surface area contributed by atoms with Crippen LogP contribution in [0.4, 0.5) is 10.5 Å². The standard InChI is InChI=1S/C29H25ClN4O2/c1-17-13-18(11-12-32-17)22-7-4-8-24(30)27(22)19-9-10-23-25(14-19)33-29(36)34(28(23)35)26-16-31-15-20-5-2-3-6-21(20)26/h2-8,11-13,15-16,19,23,25H,9-10,14H2,1H3,(H,33,36). The lowest BCUT2D eigenvalue weighted by molar-refractivity contribution is -0.124. The fourth-order valence-electron chi connectivity index (χ4n) is 5.80. The van der Waals surface area contributed by atoms with Gasteiger partial charge in [-0.25, -0.2) is 9.69 Å². The second kappa shape index (κ2) is 9.03. The van der Waals surface area contributed by atoms with Gasteiger partial charge in [0.2, 0.25) is 5.91 Å². The zero-order valence-electron chi connectivity index (χ0n) is 19.8. The monoisotopic (exact) mass is 496 g/mol. The van der Waals surface area contributed by atoms with Crippen molar-refractivity contribution in [3.05, 3.63) is 89.5 Å². The van der Waals surface area contributed by atoms with Crippen LogP contribution in [0.1, 0.15) is 36.4 Å². The molecule has 6 rings (SSSR count). The summed E-state index contributed by atoms with van der Waals surface area (Å²) in [5, 5.41) is 5.56. The Morgan fingerprint density at radius 2 is 1.89 bits per heavy atom. The molecule has 3 heterocycles. The van der Waals surface area contributed by atoms with E-state index in [-0.39, 0.29) is 23.8 Å². The molecule has 1 saturated heterocycles. The Kier molecular flexibility index (Phi) is 5.69. The van der Waals surface area contributed by atoms with E-state index in [1.807, 2.05) is 55.6 Å². The maximum atomic E-state index is 13.7. The van der Waals surface area contributed by atoms with Crippen molar-refractivity contribution < 1.29 is 9.59 Å². The molecule has 0 bridgehead atoms. The summed E-state index contributed by atoms with van der Waals surface area (Å²) < 4.78 is 0. The molecule has 6 nitrogen and oxygen atoms in total. The van der Waals surface area contributed by atoms with Crippen molar-refractivity contribution in [2.45, 2.75) is 38.1 Å². The van der Waals surface area contributed by atoms with E-state index in [0.29, 0.717) is 23.6 Å². The lowest BCUT2D eigenvalue weighted by atomic mass is 9.72. The fraction of sp³-hybridized carbons (Fsp3) is 0.241. The minimum atomic E-state index is -0.399. The van der Waals surface area contributed by atoms with E-state index in [9.17, 15) is 9.59 Å². The number of amides is 3. The lowest BCUT2D eigenvalue weighted by Gasteiger charge is -2.43. The summed E-state index contributed by atoms with van der Waals surface area (Å²) in [5.41, 5.74) is 4.69. The second-order valence-electron chi connectivity index (χ2n) is 9.61. The smallest absolute Gasteiger partial charge is 0.329 e. The van der Waals surface area contributed by atoms with Crippen molar-refractivity contribution >= 4 is 40.0 Å². The molecule has 3 atom stereocenters. The van der Waals surface area contributed by atoms with Crippen LogP contribution in [0, 0.1) is 12.8 Å². The third-order valence-electron chi connectivity index (χ3n) is 7.46. The van der Waals surface area contributed by atoms with E-state index >= 15 is 0 Å². The van der Waals surface area contributed by atoms with E-state index in [1.165, 1.54) is 4.90 Å². The molecule has 1 N–H and O–H groups in total. The number of aromatic nitrogens is 2. The number of anilines is 1. The van der Waals surface area contributed by atoms with Crippen molar-refractivity contribution in [3.8, 4) is 11.1 Å². The third kappa shape index (κ3) is 3.82. The molecule has 3 amide bonds. The Labute approximate surface area is 214 Å². The first-order valence-corrected chi connectivity index (χ1v) is 12.6. The molecule has 2 aromatic carbocycles. The van der Waals surface area contributed by atoms with Gasteiger partial charge in [-0.3, -0.25) is 14.8 Å². The summed E-state index contributed by atoms with van der Waals surface area (Å²) in [4.78, 5) is 36.8. The van der Waals surface area contributed by atoms with Gasteiger partial charge in [0.1, 0.15) is 0 Å². The van der Waals surface area contributed by atoms with Crippen LogP contribution >= 0.6 is 11.6 Å². The number of aryl methyl sites for hydroxylation is 1. The van der Waals surface area contributed by atoms with Crippen molar-refractivity contribution in [2.24, 2.45) is 5.92 Å². The summed E-state index contributed by atoms with van der Waals surface area (Å²) in [5.74, 6) is -0.321. The Morgan fingerprint density at radius 1 is 1.03 bits per heavy atom. The Hall–Kier alpha value is -3.77. The average Bonchev–Trinajstić information content (AvgIpc) is 2.88. The molecule has 0 radical (unpaired) electrons. The number of pyridine rings is 2. The molecule has 7 heteroatoms. The van der Waals surface area contributed by atoms with Gasteiger partial charge in [0.25, 0.3) is 0 Å². The zero-order chi connectivity index (χ0) is 24.8. The Morgan fingerprint density at radius 3 is 2.75 bits per heavy atom. The highest BCUT2D eigenvalue weighted by Crippen LogP contribution is 2.45. The second-order valence-corrected chi connectivity index (χ2v) is 10.0. The van der Waals surface area contributed by atoms with Crippen LogP contribution in [-0.4, -0.2) is 27.9 Å². The van der Waals surface area contributed by atoms with Gasteiger partial charge in [-0.2, -0.15) is 0 Å². The maximum Gasteiger partial charge on any atom is 0.329 e. The summed E-state index contributed by atoms with van der Waals surface area (Å²) in [6.07, 6.45) is 7.28. The molecule has 3 unspecified atom stereocenters. The molecular formula is C29H25ClN4O2. The molecule has 4 aromatic rings. The number of fused-ring (bicyclic) bond motifs is 2. The Balaban J connectivity index is 1.31. The van der Waals surface area contributed by atoms with Gasteiger partial charge in [-0.1, -0.05) is 48.0 Å². The number of hydrogen-bond acceptors (Lipinski definition) is 4. The molecule has 1 aliphatic carbocycles. The van der Waals surface area contributed by atoms with Gasteiger partial charge in [0.15, 0.2) is 0 Å². The van der Waals surface area contributed by atoms with Crippen molar-refractivity contribution in [1.82, 2.24) is 15.3 Å². The van der Waals surface area contributed by atoms with Crippen LogP contribution in [-0.2, 0) is 4.79 Å². The van der Waals surface area contributed by atoms with E-state index in [4.69, 9.17) is 11.6 Å². The average molecular weight is 497 g/mol. The molecule has 0 spiro atoms. The normalized spacial score (nSPS) is 21.8. The van der Waals surface area contributed by atoms with E-state index < -0.39 is 6.03 Å². The molecular weight excluding hydrogens is 472 g/mol. The van der Waals surface area contributed by atoms with Crippen LogP contribution in [0.25, 0.3) is 21.9 Å². The number of rotatable bonds is 3. The van der Waals surface area contributed by atoms with Crippen molar-refractivity contribution in [1.29, 1.82) is 0 Å². The van der Waals surface area contributed by atoms with E-state index in [0.717, 1.165) is 39.6 Å². The maximum absolute atomic E-state index is 13.7. The molecule has 1 saturated carbocycles. The van der Waals surface area contributed by atoms with Gasteiger partial charge in [-0.05, 0) is 67.0 Å². The van der Waals surface area contributed by atoms with Crippen LogP contribution < -0.4 is 10.2 Å². The van der Waals surface area contributed by atoms with Gasteiger partial charge in [-0.15, -0.1) is 0 Å². The van der Waals surface area contributed by atoms with Crippen molar-refractivity contribution in [2.75, 3.05) is 4.90 Å². The van der Waals surface area contributed by atoms with Crippen LogP contribution in [0.3, 0.4) is 0 Å². The highest BCUT2D eigenvalue weighted by atomic mass is 35.5. The first kappa shape index (κ1) is 22.7. The number of benzene rings is 2. The lowest BCUT2D eigenvalue weighted by Crippen LogP contribution is -2.61. The molecule has 36 heavy (non-hydrogen) atoms. The predicted octanol–water partition coefficient (Wildman–Crippen LogP) is 6.27. The van der Waals surface area contributed by atoms with E-state index in [2.05, 4.69) is 27.4 Å². The largest absolute Gasteiger partial charge is 0.334 e. The van der Waals surface area contributed by atoms with Gasteiger partial charge >= 0.3 is 6.03 Å². The predicted molar refractivity (Wildman–Crippen MR) is 141 cm³/mol. The zero-order valence-corrected chi connectivity index (χ0v) is 20.6. The third-order valence-corrected chi connectivity index (χ3v) is 7.79. The van der Waals surface area contributed by atoms with Crippen LogP contribution in [0.5, 0.6) is 0 Å². The highest BCUT2D eigenvalue weighted by molar-refractivity contribution is 6.32. The first-order chi connectivity index (χ1) is 17.5. The fourth-order valence-corrected chi connectivity index (χ4v) is 6.13. The quantitative estimate of drug-likeness (QED) is 0.363. The number of halogens is 1. The number of carbonyl (C=O) groups excluding carboxylic acids is 2. The number of nitrogens with zero attached hydrogens (tertiary/aromatic N) is 3. The summed E-state index contributed by atoms with van der Waals surface area (Å²) >= 11 is 6.76. The molecule has 2 aromatic heterocycles. The molecule has 1 aliphatic heterocycles. The topological polar surface area (TPSA) is 75.2 Å². The molecule has 2 fully saturated rings. The SMILES string of the molecule is Cc1cc(-c2cccc(Cl)c2C2CCC3C(=O)N(c4cncc5ccccc45)C(=O)NC3C2)ccn1. The number of carbonyl (C=O) groups is 2. The van der Waals surface area contributed by atoms with Crippen molar-refractivity contribution in [3.63, 3.8) is 0 Å². The summed E-state index contributed by atoms with van der Waals surface area (Å²) in [7, 11) is 0. The number of urea groups is 1. The van der Waals surface area contributed by atoms with Crippen LogP contribution in [0.2, 0.25) is 5.02 Å². The number of hydrogen-bond donors (Lipinski definition) is 1. The summed E-state index contributed by atoms with van der Waals surface area (Å²) in [6.45, 7) is 1.97. The highest BCUT2D eigenvalue weighted by Gasteiger charge is 2.45. The first-order valence-electron chi connectivity index (χ1n) is 12.2. The van der Waals surface area contributed by atoms with Gasteiger partial charge in [0.05, 0.1) is 17.8 Å². The Bertz CT molecular complexity index is 1500. The minimum absolute atomic E-state index is 0.127. The van der Waals surface area contributed by atoms with Gasteiger partial charge in [0, 0.05) is 39.9 Å². The number of imide groups is 1. The van der Waals surface area contributed by atoms with Gasteiger partial charge < -0.3 is 5.32 Å². The van der Waals surface area contributed by atoms with E-state index in [1.54, 1.807) is 12.4 Å². The molecule has 2 aliphatic rings. The molecule has 180 valence electrons. The summed E-state index contributed by atoms with van der Waals surface area (Å²) in [6, 6.07) is 17.0. The minimum Gasteiger partial charge on any atom is -0.334 e. The number of nitrogens with one attached hydrogen (secondary N) is 1. The van der Waals surface area contributed by atoms with Crippen LogP contribution in [0.15, 0.2) is 73.2 Å².